The Morgan fingerprint density at radius 1 is 1.33 bits per heavy atom. The van der Waals surface area contributed by atoms with Crippen LogP contribution in [-0.4, -0.2) is 9.55 Å². The molecule has 2 N–H and O–H groups in total. The van der Waals surface area contributed by atoms with Crippen molar-refractivity contribution < 1.29 is 0 Å². The molecule has 0 fully saturated rings. The van der Waals surface area contributed by atoms with E-state index >= 15 is 0 Å². The lowest BCUT2D eigenvalue weighted by atomic mass is 10.0. The molecular formula is C15H19N3. The summed E-state index contributed by atoms with van der Waals surface area (Å²) in [6.45, 7) is 0. The van der Waals surface area contributed by atoms with Gasteiger partial charge in [0, 0.05) is 13.2 Å². The number of rotatable bonds is 3. The summed E-state index contributed by atoms with van der Waals surface area (Å²) in [4.78, 5) is 4.32. The van der Waals surface area contributed by atoms with Crippen molar-refractivity contribution >= 4 is 0 Å². The zero-order chi connectivity index (χ0) is 12.5. The maximum atomic E-state index is 6.21. The number of benzene rings is 1. The summed E-state index contributed by atoms with van der Waals surface area (Å²) in [6, 6.07) is 6.80. The van der Waals surface area contributed by atoms with E-state index in [0.717, 1.165) is 12.1 Å². The lowest BCUT2D eigenvalue weighted by Crippen LogP contribution is -2.14. The van der Waals surface area contributed by atoms with Gasteiger partial charge < -0.3 is 10.3 Å². The molecule has 1 unspecified atom stereocenters. The number of hydrogen-bond acceptors (Lipinski definition) is 2. The molecule has 1 aromatic carbocycles. The summed E-state index contributed by atoms with van der Waals surface area (Å²) in [6.07, 6.45) is 8.43. The van der Waals surface area contributed by atoms with Crippen LogP contribution in [0, 0.1) is 0 Å². The van der Waals surface area contributed by atoms with Gasteiger partial charge in [0.25, 0.3) is 0 Å². The molecule has 94 valence electrons. The van der Waals surface area contributed by atoms with Crippen LogP contribution in [-0.2, 0) is 26.3 Å². The van der Waals surface area contributed by atoms with Gasteiger partial charge in [-0.25, -0.2) is 4.98 Å². The molecule has 1 atom stereocenters. The van der Waals surface area contributed by atoms with E-state index in [1.807, 2.05) is 17.8 Å². The Bertz CT molecular complexity index is 557. The van der Waals surface area contributed by atoms with E-state index in [-0.39, 0.29) is 6.04 Å². The highest BCUT2D eigenvalue weighted by Crippen LogP contribution is 2.24. The molecule has 18 heavy (non-hydrogen) atoms. The second-order valence-corrected chi connectivity index (χ2v) is 5.23. The Morgan fingerprint density at radius 2 is 2.17 bits per heavy atom. The van der Waals surface area contributed by atoms with Crippen molar-refractivity contribution in [3.63, 3.8) is 0 Å². The van der Waals surface area contributed by atoms with Crippen LogP contribution < -0.4 is 5.73 Å². The molecule has 0 saturated carbocycles. The molecule has 3 rings (SSSR count). The highest BCUT2D eigenvalue weighted by atomic mass is 15.0. The SMILES string of the molecule is Cn1cnc(C(N)Cc2ccc3c(c2)CCC3)c1. The van der Waals surface area contributed by atoms with Gasteiger partial charge in [-0.05, 0) is 42.4 Å². The topological polar surface area (TPSA) is 43.8 Å². The van der Waals surface area contributed by atoms with Crippen molar-refractivity contribution in [1.82, 2.24) is 9.55 Å². The molecule has 0 saturated heterocycles. The fourth-order valence-corrected chi connectivity index (χ4v) is 2.74. The van der Waals surface area contributed by atoms with Crippen molar-refractivity contribution in [3.05, 3.63) is 53.1 Å². The van der Waals surface area contributed by atoms with Crippen molar-refractivity contribution in [2.45, 2.75) is 31.7 Å². The van der Waals surface area contributed by atoms with Gasteiger partial charge in [-0.1, -0.05) is 18.2 Å². The minimum atomic E-state index is -0.00865. The smallest absolute Gasteiger partial charge is 0.0947 e. The fourth-order valence-electron chi connectivity index (χ4n) is 2.74. The van der Waals surface area contributed by atoms with E-state index in [2.05, 4.69) is 23.2 Å². The van der Waals surface area contributed by atoms with Gasteiger partial charge in [0.15, 0.2) is 0 Å². The molecule has 0 aliphatic heterocycles. The van der Waals surface area contributed by atoms with Crippen molar-refractivity contribution in [2.75, 3.05) is 0 Å². The molecule has 1 heterocycles. The van der Waals surface area contributed by atoms with Crippen LogP contribution in [0.25, 0.3) is 0 Å². The molecule has 3 nitrogen and oxygen atoms in total. The molecule has 1 aliphatic rings. The van der Waals surface area contributed by atoms with Crippen molar-refractivity contribution in [1.29, 1.82) is 0 Å². The van der Waals surface area contributed by atoms with E-state index in [9.17, 15) is 0 Å². The summed E-state index contributed by atoms with van der Waals surface area (Å²) >= 11 is 0. The van der Waals surface area contributed by atoms with Gasteiger partial charge in [0.1, 0.15) is 0 Å². The minimum Gasteiger partial charge on any atom is -0.340 e. The van der Waals surface area contributed by atoms with Gasteiger partial charge in [0.2, 0.25) is 0 Å². The standard InChI is InChI=1S/C15H19N3/c1-18-9-15(17-10-18)14(16)8-11-5-6-12-3-2-4-13(12)7-11/h5-7,9-10,14H,2-4,8,16H2,1H3. The molecular weight excluding hydrogens is 222 g/mol. The van der Waals surface area contributed by atoms with Gasteiger partial charge in [-0.2, -0.15) is 0 Å². The number of aryl methyl sites for hydroxylation is 3. The van der Waals surface area contributed by atoms with Crippen molar-refractivity contribution in [2.24, 2.45) is 12.8 Å². The number of nitrogens with two attached hydrogens (primary N) is 1. The van der Waals surface area contributed by atoms with E-state index in [1.165, 1.54) is 36.0 Å². The molecule has 0 radical (unpaired) electrons. The average molecular weight is 241 g/mol. The summed E-state index contributed by atoms with van der Waals surface area (Å²) in [5.74, 6) is 0. The molecule has 2 aromatic rings. The highest BCUT2D eigenvalue weighted by molar-refractivity contribution is 5.35. The Hall–Kier alpha value is -1.61. The van der Waals surface area contributed by atoms with E-state index in [1.54, 1.807) is 6.33 Å². The Morgan fingerprint density at radius 3 is 2.94 bits per heavy atom. The minimum absolute atomic E-state index is 0.00865. The molecule has 3 heteroatoms. The second kappa shape index (κ2) is 4.58. The Kier molecular flexibility index (Phi) is 2.92. The monoisotopic (exact) mass is 241 g/mol. The maximum absolute atomic E-state index is 6.21. The second-order valence-electron chi connectivity index (χ2n) is 5.23. The largest absolute Gasteiger partial charge is 0.340 e. The third-order valence-corrected chi connectivity index (χ3v) is 3.72. The Balaban J connectivity index is 1.76. The zero-order valence-electron chi connectivity index (χ0n) is 10.8. The molecule has 0 amide bonds. The highest BCUT2D eigenvalue weighted by Gasteiger charge is 2.14. The van der Waals surface area contributed by atoms with Crippen LogP contribution in [0.1, 0.15) is 34.8 Å². The first-order chi connectivity index (χ1) is 8.72. The predicted octanol–water partition coefficient (Wildman–Crippen LogP) is 2.15. The summed E-state index contributed by atoms with van der Waals surface area (Å²) < 4.78 is 1.94. The third-order valence-electron chi connectivity index (χ3n) is 3.72. The normalized spacial score (nSPS) is 15.7. The van der Waals surface area contributed by atoms with Crippen LogP contribution >= 0.6 is 0 Å². The first-order valence-corrected chi connectivity index (χ1v) is 6.56. The summed E-state index contributed by atoms with van der Waals surface area (Å²) in [5, 5.41) is 0. The van der Waals surface area contributed by atoms with E-state index in [4.69, 9.17) is 5.73 Å². The maximum Gasteiger partial charge on any atom is 0.0947 e. The number of imidazole rings is 1. The van der Waals surface area contributed by atoms with Crippen LogP contribution in [0.2, 0.25) is 0 Å². The van der Waals surface area contributed by atoms with Crippen LogP contribution in [0.5, 0.6) is 0 Å². The summed E-state index contributed by atoms with van der Waals surface area (Å²) in [5.41, 5.74) is 11.5. The molecule has 1 aromatic heterocycles. The van der Waals surface area contributed by atoms with Gasteiger partial charge in [-0.3, -0.25) is 0 Å². The van der Waals surface area contributed by atoms with Gasteiger partial charge in [-0.15, -0.1) is 0 Å². The summed E-state index contributed by atoms with van der Waals surface area (Å²) in [7, 11) is 1.97. The average Bonchev–Trinajstić information content (AvgIpc) is 2.96. The van der Waals surface area contributed by atoms with Gasteiger partial charge in [0.05, 0.1) is 18.1 Å². The lowest BCUT2D eigenvalue weighted by molar-refractivity contribution is 0.699. The van der Waals surface area contributed by atoms with E-state index < -0.39 is 0 Å². The van der Waals surface area contributed by atoms with Crippen LogP contribution in [0.3, 0.4) is 0 Å². The van der Waals surface area contributed by atoms with Crippen LogP contribution in [0.4, 0.5) is 0 Å². The molecule has 0 spiro atoms. The number of aromatic nitrogens is 2. The predicted molar refractivity (Wildman–Crippen MR) is 72.3 cm³/mol. The lowest BCUT2D eigenvalue weighted by Gasteiger charge is -2.10. The number of nitrogens with zero attached hydrogens (tertiary/aromatic N) is 2. The fraction of sp³-hybridized carbons (Fsp3) is 0.400. The first kappa shape index (κ1) is 11.5. The van der Waals surface area contributed by atoms with Gasteiger partial charge >= 0.3 is 0 Å². The quantitative estimate of drug-likeness (QED) is 0.895. The number of hydrogen-bond donors (Lipinski definition) is 1. The Labute approximate surface area is 108 Å². The molecule has 0 bridgehead atoms. The first-order valence-electron chi connectivity index (χ1n) is 6.56. The zero-order valence-corrected chi connectivity index (χ0v) is 10.8. The van der Waals surface area contributed by atoms with Crippen LogP contribution in [0.15, 0.2) is 30.7 Å². The third kappa shape index (κ3) is 2.18. The van der Waals surface area contributed by atoms with E-state index in [0.29, 0.717) is 0 Å². The number of fused-ring (bicyclic) bond motifs is 1. The van der Waals surface area contributed by atoms with Crippen molar-refractivity contribution in [3.8, 4) is 0 Å². The molecule has 1 aliphatic carbocycles.